The molecular weight excluding hydrogens is 278 g/mol. The molecule has 0 saturated carbocycles. The van der Waals surface area contributed by atoms with Crippen LogP contribution in [0.4, 0.5) is 0 Å². The summed E-state index contributed by atoms with van der Waals surface area (Å²) in [4.78, 5) is 15.3. The zero-order chi connectivity index (χ0) is 14.7. The van der Waals surface area contributed by atoms with E-state index in [0.717, 1.165) is 11.0 Å². The Balaban J connectivity index is 2.53. The maximum atomic E-state index is 10.7. The highest BCUT2D eigenvalue weighted by Crippen LogP contribution is 2.29. The van der Waals surface area contributed by atoms with Crippen LogP contribution in [0.1, 0.15) is 6.92 Å². The smallest absolute Gasteiger partial charge is 0.313 e. The fraction of sp³-hybridized carbons (Fsp3) is 0.385. The Bertz CT molecular complexity index is 625. The molecule has 0 spiro atoms. The molecule has 0 aliphatic rings. The molecule has 0 aliphatic carbocycles. The molecule has 2 rings (SSSR count). The van der Waals surface area contributed by atoms with Gasteiger partial charge in [-0.05, 0) is 19.1 Å². The topological polar surface area (TPSA) is 67.6 Å². The van der Waals surface area contributed by atoms with Gasteiger partial charge in [0.1, 0.15) is 11.3 Å². The first kappa shape index (κ1) is 14.5. The molecule has 1 aromatic heterocycles. The molecule has 1 aromatic carbocycles. The standard InChI is InChI=1S/C13H17N3O3S/c1-4-19-10-7-5-6-9-12(10)14-13(16(9)15(2)3)20-8-11(17)18/h5-7H,4,8H2,1-3H3,(H,17,18). The molecule has 0 radical (unpaired) electrons. The van der Waals surface area contributed by atoms with Crippen LogP contribution in [0.25, 0.3) is 11.0 Å². The molecule has 20 heavy (non-hydrogen) atoms. The van der Waals surface area contributed by atoms with Crippen molar-refractivity contribution in [3.63, 3.8) is 0 Å². The molecule has 0 unspecified atom stereocenters. The lowest BCUT2D eigenvalue weighted by atomic mass is 10.3. The number of hydrogen-bond acceptors (Lipinski definition) is 5. The highest BCUT2D eigenvalue weighted by atomic mass is 32.2. The Morgan fingerprint density at radius 1 is 1.50 bits per heavy atom. The third kappa shape index (κ3) is 2.82. The van der Waals surface area contributed by atoms with Crippen molar-refractivity contribution in [3.8, 4) is 5.75 Å². The lowest BCUT2D eigenvalue weighted by Crippen LogP contribution is -2.25. The molecule has 0 saturated heterocycles. The number of benzene rings is 1. The van der Waals surface area contributed by atoms with Gasteiger partial charge in [-0.2, -0.15) is 0 Å². The molecule has 6 nitrogen and oxygen atoms in total. The lowest BCUT2D eigenvalue weighted by molar-refractivity contribution is -0.133. The summed E-state index contributed by atoms with van der Waals surface area (Å²) in [7, 11) is 3.78. The van der Waals surface area contributed by atoms with Crippen LogP contribution < -0.4 is 9.75 Å². The van der Waals surface area contributed by atoms with Gasteiger partial charge in [0.05, 0.1) is 17.9 Å². The number of carboxylic acids is 1. The highest BCUT2D eigenvalue weighted by molar-refractivity contribution is 7.99. The van der Waals surface area contributed by atoms with E-state index >= 15 is 0 Å². The SMILES string of the molecule is CCOc1cccc2c1nc(SCC(=O)O)n2N(C)C. The van der Waals surface area contributed by atoms with Crippen LogP contribution in [0, 0.1) is 0 Å². The largest absolute Gasteiger partial charge is 0.492 e. The summed E-state index contributed by atoms with van der Waals surface area (Å²) in [6, 6.07) is 5.71. The Hall–Kier alpha value is -1.89. The molecule has 0 fully saturated rings. The van der Waals surface area contributed by atoms with Crippen molar-refractivity contribution in [2.75, 3.05) is 31.5 Å². The molecule has 2 aromatic rings. The van der Waals surface area contributed by atoms with Gasteiger partial charge in [0, 0.05) is 14.1 Å². The summed E-state index contributed by atoms with van der Waals surface area (Å²) < 4.78 is 7.45. The van der Waals surface area contributed by atoms with Crippen LogP contribution >= 0.6 is 11.8 Å². The number of para-hydroxylation sites is 1. The summed E-state index contributed by atoms with van der Waals surface area (Å²) in [5.41, 5.74) is 1.64. The van der Waals surface area contributed by atoms with E-state index in [-0.39, 0.29) is 5.75 Å². The molecule has 1 heterocycles. The summed E-state index contributed by atoms with van der Waals surface area (Å²) >= 11 is 1.19. The number of aliphatic carboxylic acids is 1. The van der Waals surface area contributed by atoms with Gasteiger partial charge < -0.3 is 14.9 Å². The third-order valence-corrected chi connectivity index (χ3v) is 3.53. The number of ether oxygens (including phenoxy) is 1. The van der Waals surface area contributed by atoms with E-state index in [1.165, 1.54) is 11.8 Å². The van der Waals surface area contributed by atoms with E-state index in [0.29, 0.717) is 17.5 Å². The number of carbonyl (C=O) groups is 1. The summed E-state index contributed by atoms with van der Waals surface area (Å²) in [5, 5.41) is 11.3. The van der Waals surface area contributed by atoms with E-state index in [4.69, 9.17) is 9.84 Å². The van der Waals surface area contributed by atoms with Crippen molar-refractivity contribution in [1.29, 1.82) is 0 Å². The zero-order valence-electron chi connectivity index (χ0n) is 11.7. The van der Waals surface area contributed by atoms with E-state index in [1.807, 2.05) is 48.9 Å². The minimum absolute atomic E-state index is 0.0267. The number of imidazole rings is 1. The van der Waals surface area contributed by atoms with Crippen molar-refractivity contribution < 1.29 is 14.6 Å². The normalized spacial score (nSPS) is 10.8. The monoisotopic (exact) mass is 295 g/mol. The summed E-state index contributed by atoms with van der Waals surface area (Å²) in [6.45, 7) is 2.48. The van der Waals surface area contributed by atoms with Crippen LogP contribution in [0.2, 0.25) is 0 Å². The number of hydrogen-bond donors (Lipinski definition) is 1. The van der Waals surface area contributed by atoms with Gasteiger partial charge in [-0.3, -0.25) is 4.79 Å². The molecule has 0 aliphatic heterocycles. The van der Waals surface area contributed by atoms with Gasteiger partial charge in [-0.1, -0.05) is 17.8 Å². The van der Waals surface area contributed by atoms with Gasteiger partial charge in [0.2, 0.25) is 0 Å². The third-order valence-electron chi connectivity index (χ3n) is 2.62. The Kier molecular flexibility index (Phi) is 4.39. The van der Waals surface area contributed by atoms with Crippen LogP contribution in [-0.2, 0) is 4.79 Å². The van der Waals surface area contributed by atoms with E-state index in [2.05, 4.69) is 4.98 Å². The second-order valence-corrected chi connectivity index (χ2v) is 5.24. The molecular formula is C13H17N3O3S. The number of aromatic nitrogens is 2. The molecule has 0 atom stereocenters. The van der Waals surface area contributed by atoms with Crippen molar-refractivity contribution in [2.45, 2.75) is 12.1 Å². The Morgan fingerprint density at radius 2 is 2.25 bits per heavy atom. The van der Waals surface area contributed by atoms with Gasteiger partial charge in [-0.15, -0.1) is 0 Å². The van der Waals surface area contributed by atoms with E-state index in [1.54, 1.807) is 0 Å². The van der Waals surface area contributed by atoms with Gasteiger partial charge in [0.15, 0.2) is 5.16 Å². The summed E-state index contributed by atoms with van der Waals surface area (Å²) in [5.74, 6) is -0.179. The molecule has 7 heteroatoms. The first-order valence-corrected chi connectivity index (χ1v) is 7.19. The van der Waals surface area contributed by atoms with Crippen LogP contribution in [0.15, 0.2) is 23.4 Å². The first-order valence-electron chi connectivity index (χ1n) is 6.21. The van der Waals surface area contributed by atoms with Crippen molar-refractivity contribution in [2.24, 2.45) is 0 Å². The van der Waals surface area contributed by atoms with Gasteiger partial charge >= 0.3 is 5.97 Å². The predicted octanol–water partition coefficient (Wildman–Crippen LogP) is 1.81. The number of fused-ring (bicyclic) bond motifs is 1. The second-order valence-electron chi connectivity index (χ2n) is 4.29. The molecule has 1 N–H and O–H groups in total. The summed E-state index contributed by atoms with van der Waals surface area (Å²) in [6.07, 6.45) is 0. The maximum Gasteiger partial charge on any atom is 0.313 e. The fourth-order valence-electron chi connectivity index (χ4n) is 1.92. The minimum Gasteiger partial charge on any atom is -0.492 e. The molecule has 0 amide bonds. The number of carboxylic acid groups (broad SMARTS) is 1. The maximum absolute atomic E-state index is 10.7. The van der Waals surface area contributed by atoms with E-state index in [9.17, 15) is 4.79 Å². The Labute approximate surface area is 121 Å². The van der Waals surface area contributed by atoms with Crippen molar-refractivity contribution in [3.05, 3.63) is 18.2 Å². The van der Waals surface area contributed by atoms with Crippen LogP contribution in [-0.4, -0.2) is 47.2 Å². The van der Waals surface area contributed by atoms with Crippen molar-refractivity contribution in [1.82, 2.24) is 9.66 Å². The molecule has 108 valence electrons. The van der Waals surface area contributed by atoms with Crippen LogP contribution in [0.5, 0.6) is 5.75 Å². The quantitative estimate of drug-likeness (QED) is 0.820. The lowest BCUT2D eigenvalue weighted by Gasteiger charge is -2.17. The minimum atomic E-state index is -0.864. The fourth-order valence-corrected chi connectivity index (χ4v) is 2.71. The average molecular weight is 295 g/mol. The highest BCUT2D eigenvalue weighted by Gasteiger charge is 2.16. The van der Waals surface area contributed by atoms with Gasteiger partial charge in [0.25, 0.3) is 0 Å². The number of nitrogens with zero attached hydrogens (tertiary/aromatic N) is 3. The number of rotatable bonds is 6. The first-order chi connectivity index (χ1) is 9.54. The van der Waals surface area contributed by atoms with E-state index < -0.39 is 5.97 Å². The zero-order valence-corrected chi connectivity index (χ0v) is 12.5. The Morgan fingerprint density at radius 3 is 2.85 bits per heavy atom. The van der Waals surface area contributed by atoms with Crippen molar-refractivity contribution >= 4 is 28.8 Å². The predicted molar refractivity (Wildman–Crippen MR) is 79.3 cm³/mol. The van der Waals surface area contributed by atoms with Gasteiger partial charge in [-0.25, -0.2) is 9.66 Å². The molecule has 0 bridgehead atoms. The second kappa shape index (κ2) is 6.04. The number of thioether (sulfide) groups is 1. The average Bonchev–Trinajstić information content (AvgIpc) is 2.76. The van der Waals surface area contributed by atoms with Crippen LogP contribution in [0.3, 0.4) is 0 Å².